The molecule has 8 heteroatoms. The molecule has 186 valence electrons. The number of hydrogen-bond acceptors (Lipinski definition) is 7. The Hall–Kier alpha value is -4.90. The molecule has 1 aliphatic heterocycles. The predicted molar refractivity (Wildman–Crippen MR) is 138 cm³/mol. The fourth-order valence-corrected chi connectivity index (χ4v) is 3.81. The van der Waals surface area contributed by atoms with E-state index < -0.39 is 23.5 Å². The second kappa shape index (κ2) is 9.99. The van der Waals surface area contributed by atoms with Gasteiger partial charge >= 0.3 is 6.09 Å². The third-order valence-electron chi connectivity index (χ3n) is 5.49. The molecular weight excluding hydrogens is 470 g/mol. The first-order valence-electron chi connectivity index (χ1n) is 11.5. The van der Waals surface area contributed by atoms with E-state index in [0.29, 0.717) is 33.2 Å². The van der Waals surface area contributed by atoms with Crippen LogP contribution >= 0.6 is 0 Å². The van der Waals surface area contributed by atoms with Crippen LogP contribution in [0.1, 0.15) is 31.9 Å². The molecule has 0 bridgehead atoms. The van der Waals surface area contributed by atoms with Gasteiger partial charge in [0.1, 0.15) is 28.9 Å². The molecule has 0 saturated heterocycles. The number of anilines is 1. The molecule has 0 aromatic heterocycles. The van der Waals surface area contributed by atoms with Crippen molar-refractivity contribution < 1.29 is 23.9 Å². The van der Waals surface area contributed by atoms with E-state index in [2.05, 4.69) is 6.07 Å². The van der Waals surface area contributed by atoms with Crippen LogP contribution < -0.4 is 9.64 Å². The van der Waals surface area contributed by atoms with E-state index >= 15 is 0 Å². The maximum absolute atomic E-state index is 13.5. The maximum atomic E-state index is 13.5. The fraction of sp³-hybridized carbons (Fsp3) is 0.172. The lowest BCUT2D eigenvalue weighted by atomic mass is 10.0. The quantitative estimate of drug-likeness (QED) is 0.431. The number of amides is 3. The third kappa shape index (κ3) is 5.21. The predicted octanol–water partition coefficient (Wildman–Crippen LogP) is 5.50. The molecule has 1 heterocycles. The van der Waals surface area contributed by atoms with Crippen molar-refractivity contribution in [3.05, 3.63) is 95.7 Å². The number of nitrogens with zero attached hydrogens (tertiary/aromatic N) is 3. The highest BCUT2D eigenvalue weighted by atomic mass is 16.6. The Kier molecular flexibility index (Phi) is 6.81. The first-order chi connectivity index (χ1) is 17.6. The van der Waals surface area contributed by atoms with Crippen molar-refractivity contribution in [1.29, 1.82) is 5.26 Å². The molecule has 1 aliphatic rings. The van der Waals surface area contributed by atoms with Crippen LogP contribution in [0.3, 0.4) is 0 Å². The van der Waals surface area contributed by atoms with Crippen LogP contribution in [0.2, 0.25) is 0 Å². The number of nitriles is 1. The second-order valence-corrected chi connectivity index (χ2v) is 9.28. The molecule has 0 aliphatic carbocycles. The Morgan fingerprint density at radius 3 is 2.14 bits per heavy atom. The molecule has 3 aromatic carbocycles. The van der Waals surface area contributed by atoms with E-state index in [1.165, 1.54) is 0 Å². The van der Waals surface area contributed by atoms with Gasteiger partial charge in [0.05, 0.1) is 11.1 Å². The fourth-order valence-electron chi connectivity index (χ4n) is 3.81. The number of para-hydroxylation sites is 1. The van der Waals surface area contributed by atoms with Gasteiger partial charge in [0, 0.05) is 12.7 Å². The van der Waals surface area contributed by atoms with Crippen LogP contribution in [0.25, 0.3) is 5.57 Å². The Morgan fingerprint density at radius 1 is 0.892 bits per heavy atom. The summed E-state index contributed by atoms with van der Waals surface area (Å²) < 4.78 is 11.2. The molecule has 0 radical (unpaired) electrons. The minimum atomic E-state index is -1.03. The summed E-state index contributed by atoms with van der Waals surface area (Å²) in [5.74, 6) is -0.615. The number of carbonyl (C=O) groups excluding carboxylic acids is 3. The standard InChI is InChI=1S/C29H25N3O5/c1-29(2,3)37-28(35)32-26(33)24(19-10-6-5-7-11-19)25(27(32)34)31(4)21-14-16-22(17-15-21)36-23-13-9-8-12-20(23)18-30/h5-17H,1-4H3. The van der Waals surface area contributed by atoms with Crippen molar-refractivity contribution >= 4 is 29.2 Å². The molecule has 0 saturated carbocycles. The number of benzene rings is 3. The summed E-state index contributed by atoms with van der Waals surface area (Å²) in [4.78, 5) is 41.8. The Bertz CT molecular complexity index is 1430. The van der Waals surface area contributed by atoms with Gasteiger partial charge in [-0.2, -0.15) is 10.2 Å². The van der Waals surface area contributed by atoms with E-state index in [0.717, 1.165) is 0 Å². The lowest BCUT2D eigenvalue weighted by molar-refractivity contribution is -0.135. The highest BCUT2D eigenvalue weighted by Gasteiger charge is 2.46. The molecule has 4 rings (SSSR count). The summed E-state index contributed by atoms with van der Waals surface area (Å²) in [6.07, 6.45) is -1.03. The van der Waals surface area contributed by atoms with E-state index in [4.69, 9.17) is 9.47 Å². The zero-order valence-corrected chi connectivity index (χ0v) is 20.9. The molecule has 37 heavy (non-hydrogen) atoms. The van der Waals surface area contributed by atoms with E-state index in [-0.39, 0.29) is 11.3 Å². The second-order valence-electron chi connectivity index (χ2n) is 9.28. The summed E-state index contributed by atoms with van der Waals surface area (Å²) in [6, 6.07) is 24.5. The first kappa shape index (κ1) is 25.2. The van der Waals surface area contributed by atoms with Crippen LogP contribution in [-0.4, -0.2) is 35.5 Å². The minimum absolute atomic E-state index is 0.0468. The molecule has 8 nitrogen and oxygen atoms in total. The van der Waals surface area contributed by atoms with Crippen LogP contribution in [0, 0.1) is 11.3 Å². The molecule has 0 N–H and O–H groups in total. The minimum Gasteiger partial charge on any atom is -0.456 e. The van der Waals surface area contributed by atoms with Gasteiger partial charge in [0.2, 0.25) is 0 Å². The van der Waals surface area contributed by atoms with Gasteiger partial charge in [-0.15, -0.1) is 0 Å². The maximum Gasteiger partial charge on any atom is 0.424 e. The Morgan fingerprint density at radius 2 is 1.51 bits per heavy atom. The zero-order chi connectivity index (χ0) is 26.7. The normalized spacial score (nSPS) is 13.4. The SMILES string of the molecule is CN(C1=C(c2ccccc2)C(=O)N(C(=O)OC(C)(C)C)C1=O)c1ccc(Oc2ccccc2C#N)cc1. The number of hydrogen-bond donors (Lipinski definition) is 0. The van der Waals surface area contributed by atoms with Gasteiger partial charge in [-0.1, -0.05) is 42.5 Å². The van der Waals surface area contributed by atoms with Crippen LogP contribution in [0.15, 0.2) is 84.6 Å². The Labute approximate surface area is 214 Å². The summed E-state index contributed by atoms with van der Waals surface area (Å²) in [7, 11) is 1.64. The van der Waals surface area contributed by atoms with Crippen LogP contribution in [-0.2, 0) is 14.3 Å². The topological polar surface area (TPSA) is 99.9 Å². The lowest BCUT2D eigenvalue weighted by Gasteiger charge is -2.24. The average Bonchev–Trinajstić information content (AvgIpc) is 3.13. The molecule has 0 unspecified atom stereocenters. The van der Waals surface area contributed by atoms with Crippen molar-refractivity contribution in [2.24, 2.45) is 0 Å². The molecule has 0 fully saturated rings. The molecule has 0 atom stereocenters. The highest BCUT2D eigenvalue weighted by Crippen LogP contribution is 2.35. The van der Waals surface area contributed by atoms with Gasteiger partial charge in [0.15, 0.2) is 0 Å². The molecule has 0 spiro atoms. The van der Waals surface area contributed by atoms with E-state index in [9.17, 15) is 19.6 Å². The number of rotatable bonds is 5. The van der Waals surface area contributed by atoms with Gasteiger partial charge < -0.3 is 14.4 Å². The molecular formula is C29H25N3O5. The van der Waals surface area contributed by atoms with Crippen molar-refractivity contribution in [2.75, 3.05) is 11.9 Å². The summed E-state index contributed by atoms with van der Waals surface area (Å²) in [5, 5.41) is 9.28. The molecule has 3 amide bonds. The van der Waals surface area contributed by atoms with Crippen molar-refractivity contribution in [3.63, 3.8) is 0 Å². The van der Waals surface area contributed by atoms with Gasteiger partial charge in [-0.3, -0.25) is 9.59 Å². The molecule has 3 aromatic rings. The van der Waals surface area contributed by atoms with Crippen molar-refractivity contribution in [3.8, 4) is 17.6 Å². The van der Waals surface area contributed by atoms with Crippen molar-refractivity contribution in [2.45, 2.75) is 26.4 Å². The zero-order valence-electron chi connectivity index (χ0n) is 20.9. The number of likely N-dealkylation sites (N-methyl/N-ethyl adjacent to an activating group) is 1. The van der Waals surface area contributed by atoms with Crippen LogP contribution in [0.5, 0.6) is 11.5 Å². The van der Waals surface area contributed by atoms with E-state index in [1.54, 1.807) is 112 Å². The third-order valence-corrected chi connectivity index (χ3v) is 5.49. The van der Waals surface area contributed by atoms with Gasteiger partial charge in [-0.25, -0.2) is 4.79 Å². The number of imide groups is 3. The lowest BCUT2D eigenvalue weighted by Crippen LogP contribution is -2.42. The Balaban J connectivity index is 1.68. The monoisotopic (exact) mass is 495 g/mol. The summed E-state index contributed by atoms with van der Waals surface area (Å²) >= 11 is 0. The summed E-state index contributed by atoms with van der Waals surface area (Å²) in [5.41, 5.74) is 0.740. The largest absolute Gasteiger partial charge is 0.456 e. The van der Waals surface area contributed by atoms with Gasteiger partial charge in [-0.05, 0) is 62.7 Å². The highest BCUT2D eigenvalue weighted by molar-refractivity contribution is 6.40. The van der Waals surface area contributed by atoms with Crippen molar-refractivity contribution in [1.82, 2.24) is 4.90 Å². The van der Waals surface area contributed by atoms with Crippen LogP contribution in [0.4, 0.5) is 10.5 Å². The van der Waals surface area contributed by atoms with E-state index in [1.807, 2.05) is 0 Å². The summed E-state index contributed by atoms with van der Waals surface area (Å²) in [6.45, 7) is 4.98. The number of carbonyl (C=O) groups is 3. The first-order valence-corrected chi connectivity index (χ1v) is 11.5. The number of ether oxygens (including phenoxy) is 2. The average molecular weight is 496 g/mol. The smallest absolute Gasteiger partial charge is 0.424 e. The van der Waals surface area contributed by atoms with Gasteiger partial charge in [0.25, 0.3) is 11.8 Å².